The summed E-state index contributed by atoms with van der Waals surface area (Å²) >= 11 is 0. The topological polar surface area (TPSA) is 13.1 Å². The Morgan fingerprint density at radius 2 is 1.21 bits per heavy atom. The highest BCUT2D eigenvalue weighted by Gasteiger charge is 2.40. The van der Waals surface area contributed by atoms with Crippen molar-refractivity contribution in [1.29, 1.82) is 0 Å². The number of hydrogen-bond donors (Lipinski definition) is 0. The number of benzene rings is 4. The van der Waals surface area contributed by atoms with Crippen LogP contribution in [0.1, 0.15) is 29.2 Å². The molecule has 0 saturated heterocycles. The third kappa shape index (κ3) is 1.91. The van der Waals surface area contributed by atoms with Gasteiger partial charge in [-0.2, -0.15) is 0 Å². The molecule has 28 heavy (non-hydrogen) atoms. The minimum absolute atomic E-state index is 0.172. The summed E-state index contributed by atoms with van der Waals surface area (Å²) in [5.74, 6) is 0. The fraction of sp³-hybridized carbons (Fsp3) is 0.111. The van der Waals surface area contributed by atoms with Gasteiger partial charge in [-0.1, -0.05) is 66.2 Å². The van der Waals surface area contributed by atoms with Gasteiger partial charge in [-0.05, 0) is 65.9 Å². The van der Waals surface area contributed by atoms with E-state index in [0.717, 1.165) is 11.2 Å². The lowest BCUT2D eigenvalue weighted by Gasteiger charge is -2.28. The van der Waals surface area contributed by atoms with Crippen molar-refractivity contribution in [3.8, 4) is 11.1 Å². The van der Waals surface area contributed by atoms with E-state index in [0.29, 0.717) is 0 Å². The normalized spacial score (nSPS) is 14.4. The first-order chi connectivity index (χ1) is 13.7. The molecule has 0 saturated carbocycles. The Bertz CT molecular complexity index is 1340. The standard InChI is InChI=1S/C27H20O/c1-17-11-13-25-21(15-17)22-16-18(12-14-26(22)28-25)27(2)23-9-5-3-7-19(23)20-8-4-6-10-24(20)27/h3-16H,1-2H3. The van der Waals surface area contributed by atoms with Crippen molar-refractivity contribution in [2.45, 2.75) is 19.3 Å². The third-order valence-corrected chi connectivity index (χ3v) is 6.42. The number of aryl methyl sites for hydroxylation is 1. The molecule has 0 spiro atoms. The van der Waals surface area contributed by atoms with Crippen LogP contribution in [0.5, 0.6) is 0 Å². The predicted octanol–water partition coefficient (Wildman–Crippen LogP) is 7.23. The monoisotopic (exact) mass is 360 g/mol. The van der Waals surface area contributed by atoms with Crippen LogP contribution >= 0.6 is 0 Å². The number of furan rings is 1. The van der Waals surface area contributed by atoms with Gasteiger partial charge in [0.15, 0.2) is 0 Å². The van der Waals surface area contributed by atoms with E-state index < -0.39 is 0 Å². The van der Waals surface area contributed by atoms with Gasteiger partial charge in [0, 0.05) is 16.2 Å². The van der Waals surface area contributed by atoms with Gasteiger partial charge < -0.3 is 4.42 Å². The van der Waals surface area contributed by atoms with E-state index in [1.165, 1.54) is 44.2 Å². The highest BCUT2D eigenvalue weighted by molar-refractivity contribution is 6.05. The first-order valence-electron chi connectivity index (χ1n) is 9.79. The van der Waals surface area contributed by atoms with Crippen LogP contribution in [-0.4, -0.2) is 0 Å². The minimum Gasteiger partial charge on any atom is -0.456 e. The SMILES string of the molecule is Cc1ccc2oc3ccc(C4(C)c5ccccc5-c5ccccc54)cc3c2c1. The summed E-state index contributed by atoms with van der Waals surface area (Å²) in [6.07, 6.45) is 0. The van der Waals surface area contributed by atoms with Crippen LogP contribution in [-0.2, 0) is 5.41 Å². The second kappa shape index (κ2) is 5.36. The largest absolute Gasteiger partial charge is 0.456 e. The lowest BCUT2D eigenvalue weighted by molar-refractivity contribution is 0.667. The van der Waals surface area contributed by atoms with E-state index >= 15 is 0 Å². The summed E-state index contributed by atoms with van der Waals surface area (Å²) < 4.78 is 6.10. The van der Waals surface area contributed by atoms with Crippen LogP contribution in [0.3, 0.4) is 0 Å². The summed E-state index contributed by atoms with van der Waals surface area (Å²) in [5, 5.41) is 2.39. The molecule has 0 amide bonds. The molecule has 1 aliphatic rings. The second-order valence-electron chi connectivity index (χ2n) is 8.03. The molecule has 0 radical (unpaired) electrons. The van der Waals surface area contributed by atoms with Crippen molar-refractivity contribution < 1.29 is 4.42 Å². The molecule has 0 atom stereocenters. The van der Waals surface area contributed by atoms with Crippen LogP contribution in [0.2, 0.25) is 0 Å². The van der Waals surface area contributed by atoms with Crippen LogP contribution in [0.15, 0.2) is 89.3 Å². The Kier molecular flexibility index (Phi) is 3.01. The molecule has 1 heterocycles. The van der Waals surface area contributed by atoms with E-state index in [4.69, 9.17) is 4.42 Å². The van der Waals surface area contributed by atoms with Gasteiger partial charge in [0.1, 0.15) is 11.2 Å². The summed E-state index contributed by atoms with van der Waals surface area (Å²) in [6.45, 7) is 4.49. The highest BCUT2D eigenvalue weighted by atomic mass is 16.3. The zero-order valence-electron chi connectivity index (χ0n) is 16.0. The molecular weight excluding hydrogens is 340 g/mol. The molecular formula is C27H20O. The highest BCUT2D eigenvalue weighted by Crippen LogP contribution is 2.52. The average Bonchev–Trinajstić information content (AvgIpc) is 3.22. The molecule has 6 rings (SSSR count). The summed E-state index contributed by atoms with van der Waals surface area (Å²) in [7, 11) is 0. The molecule has 134 valence electrons. The van der Waals surface area contributed by atoms with Gasteiger partial charge in [0.05, 0.1) is 0 Å². The maximum Gasteiger partial charge on any atom is 0.135 e. The Balaban J connectivity index is 1.69. The fourth-order valence-electron chi connectivity index (χ4n) is 4.97. The number of fused-ring (bicyclic) bond motifs is 6. The minimum atomic E-state index is -0.172. The van der Waals surface area contributed by atoms with E-state index in [-0.39, 0.29) is 5.41 Å². The third-order valence-electron chi connectivity index (χ3n) is 6.42. The second-order valence-corrected chi connectivity index (χ2v) is 8.03. The van der Waals surface area contributed by atoms with Crippen molar-refractivity contribution in [3.63, 3.8) is 0 Å². The molecule has 0 bridgehead atoms. The maximum atomic E-state index is 6.10. The van der Waals surface area contributed by atoms with Gasteiger partial charge in [-0.15, -0.1) is 0 Å². The maximum absolute atomic E-state index is 6.10. The lowest BCUT2D eigenvalue weighted by Crippen LogP contribution is -2.22. The van der Waals surface area contributed by atoms with Crippen LogP contribution in [0.4, 0.5) is 0 Å². The average molecular weight is 360 g/mol. The molecule has 0 unspecified atom stereocenters. The van der Waals surface area contributed by atoms with Crippen molar-refractivity contribution in [2.24, 2.45) is 0 Å². The molecule has 1 aliphatic carbocycles. The van der Waals surface area contributed by atoms with Crippen molar-refractivity contribution in [1.82, 2.24) is 0 Å². The summed E-state index contributed by atoms with van der Waals surface area (Å²) in [6, 6.07) is 30.7. The summed E-state index contributed by atoms with van der Waals surface area (Å²) in [5.41, 5.74) is 9.73. The van der Waals surface area contributed by atoms with Gasteiger partial charge >= 0.3 is 0 Å². The van der Waals surface area contributed by atoms with E-state index in [9.17, 15) is 0 Å². The van der Waals surface area contributed by atoms with Gasteiger partial charge in [0.2, 0.25) is 0 Å². The fourth-order valence-corrected chi connectivity index (χ4v) is 4.97. The smallest absolute Gasteiger partial charge is 0.135 e. The molecule has 0 N–H and O–H groups in total. The molecule has 1 heteroatoms. The van der Waals surface area contributed by atoms with Gasteiger partial charge in [0.25, 0.3) is 0 Å². The van der Waals surface area contributed by atoms with Crippen molar-refractivity contribution >= 4 is 21.9 Å². The van der Waals surface area contributed by atoms with E-state index in [1.807, 2.05) is 0 Å². The van der Waals surface area contributed by atoms with Crippen molar-refractivity contribution in [2.75, 3.05) is 0 Å². The van der Waals surface area contributed by atoms with Crippen LogP contribution in [0.25, 0.3) is 33.1 Å². The molecule has 1 nitrogen and oxygen atoms in total. The molecule has 0 fully saturated rings. The zero-order chi connectivity index (χ0) is 18.9. The van der Waals surface area contributed by atoms with Crippen molar-refractivity contribution in [3.05, 3.63) is 107 Å². The summed E-state index contributed by atoms with van der Waals surface area (Å²) in [4.78, 5) is 0. The van der Waals surface area contributed by atoms with E-state index in [1.54, 1.807) is 0 Å². The number of hydrogen-bond acceptors (Lipinski definition) is 1. The Morgan fingerprint density at radius 3 is 1.89 bits per heavy atom. The first-order valence-corrected chi connectivity index (χ1v) is 9.79. The number of rotatable bonds is 1. The Labute approximate surface area is 164 Å². The molecule has 1 aromatic heterocycles. The lowest BCUT2D eigenvalue weighted by atomic mass is 9.74. The quantitative estimate of drug-likeness (QED) is 0.307. The van der Waals surface area contributed by atoms with E-state index in [2.05, 4.69) is 98.8 Å². The predicted molar refractivity (Wildman–Crippen MR) is 116 cm³/mol. The Hall–Kier alpha value is -3.32. The zero-order valence-corrected chi connectivity index (χ0v) is 16.0. The molecule has 5 aromatic rings. The molecule has 4 aromatic carbocycles. The van der Waals surface area contributed by atoms with Gasteiger partial charge in [-0.3, -0.25) is 0 Å². The first kappa shape index (κ1) is 15.7. The Morgan fingerprint density at radius 1 is 0.643 bits per heavy atom. The molecule has 0 aliphatic heterocycles. The van der Waals surface area contributed by atoms with Gasteiger partial charge in [-0.25, -0.2) is 0 Å². The van der Waals surface area contributed by atoms with Crippen LogP contribution < -0.4 is 0 Å². The van der Waals surface area contributed by atoms with Crippen LogP contribution in [0, 0.1) is 6.92 Å².